The summed E-state index contributed by atoms with van der Waals surface area (Å²) in [6.45, 7) is 6.44. The minimum Gasteiger partial charge on any atom is -0.444 e. The highest BCUT2D eigenvalue weighted by Crippen LogP contribution is 2.30. The summed E-state index contributed by atoms with van der Waals surface area (Å²) in [5.74, 6) is 0. The van der Waals surface area contributed by atoms with E-state index in [1.807, 2.05) is 4.90 Å². The van der Waals surface area contributed by atoms with Gasteiger partial charge in [0.25, 0.3) is 0 Å². The molecule has 0 atom stereocenters. The molecule has 0 aliphatic carbocycles. The van der Waals surface area contributed by atoms with E-state index in [2.05, 4.69) is 5.32 Å². The molecule has 1 aliphatic heterocycles. The van der Waals surface area contributed by atoms with Gasteiger partial charge in [-0.2, -0.15) is 0 Å². The van der Waals surface area contributed by atoms with Crippen LogP contribution in [0.15, 0.2) is 28.0 Å². The SMILES string of the molecule is CC(C)(C)OC(=O)NC1CCN(c2ccc(S(C)(=O)=O)cc2S(C)(=O)=O)CC1. The number of nitrogens with one attached hydrogen (secondary N) is 1. The molecule has 1 aromatic carbocycles. The van der Waals surface area contributed by atoms with Crippen molar-refractivity contribution in [2.75, 3.05) is 30.5 Å². The predicted molar refractivity (Wildman–Crippen MR) is 107 cm³/mol. The summed E-state index contributed by atoms with van der Waals surface area (Å²) in [6, 6.07) is 4.10. The molecule has 0 saturated carbocycles. The van der Waals surface area contributed by atoms with Gasteiger partial charge in [-0.3, -0.25) is 0 Å². The Morgan fingerprint density at radius 3 is 2.11 bits per heavy atom. The molecule has 0 bridgehead atoms. The zero-order valence-corrected chi connectivity index (χ0v) is 18.5. The Kier molecular flexibility index (Phi) is 6.34. The summed E-state index contributed by atoms with van der Waals surface area (Å²) >= 11 is 0. The van der Waals surface area contributed by atoms with E-state index in [9.17, 15) is 21.6 Å². The van der Waals surface area contributed by atoms with Gasteiger partial charge in [0.15, 0.2) is 19.7 Å². The third kappa shape index (κ3) is 6.10. The summed E-state index contributed by atoms with van der Waals surface area (Å²) in [5.41, 5.74) is -0.0955. The molecule has 0 unspecified atom stereocenters. The highest BCUT2D eigenvalue weighted by molar-refractivity contribution is 7.91. The first kappa shape index (κ1) is 22.5. The number of amides is 1. The molecule has 2 rings (SSSR count). The first-order valence-corrected chi connectivity index (χ1v) is 12.7. The molecule has 1 amide bonds. The summed E-state index contributed by atoms with van der Waals surface area (Å²) in [5, 5.41) is 2.84. The molecule has 1 fully saturated rings. The van der Waals surface area contributed by atoms with E-state index in [-0.39, 0.29) is 15.8 Å². The largest absolute Gasteiger partial charge is 0.444 e. The molecule has 1 heterocycles. The molecule has 0 radical (unpaired) electrons. The van der Waals surface area contributed by atoms with Gasteiger partial charge in [-0.25, -0.2) is 21.6 Å². The Balaban J connectivity index is 2.15. The molecule has 1 saturated heterocycles. The highest BCUT2D eigenvalue weighted by Gasteiger charge is 2.27. The summed E-state index contributed by atoms with van der Waals surface area (Å²) in [4.78, 5) is 13.8. The Morgan fingerprint density at radius 2 is 1.64 bits per heavy atom. The van der Waals surface area contributed by atoms with Crippen LogP contribution >= 0.6 is 0 Å². The minimum atomic E-state index is -3.61. The van der Waals surface area contributed by atoms with Gasteiger partial charge < -0.3 is 15.0 Å². The Morgan fingerprint density at radius 1 is 1.07 bits per heavy atom. The van der Waals surface area contributed by atoms with Gasteiger partial charge in [0, 0.05) is 31.6 Å². The average Bonchev–Trinajstić information content (AvgIpc) is 2.51. The van der Waals surface area contributed by atoms with Crippen molar-refractivity contribution >= 4 is 31.5 Å². The van der Waals surface area contributed by atoms with Crippen molar-refractivity contribution in [3.05, 3.63) is 18.2 Å². The van der Waals surface area contributed by atoms with Gasteiger partial charge in [-0.15, -0.1) is 0 Å². The fraction of sp³-hybridized carbons (Fsp3) is 0.611. The molecule has 10 heteroatoms. The maximum Gasteiger partial charge on any atom is 0.407 e. The van der Waals surface area contributed by atoms with Gasteiger partial charge >= 0.3 is 6.09 Å². The minimum absolute atomic E-state index is 0.00558. The van der Waals surface area contributed by atoms with Crippen LogP contribution < -0.4 is 10.2 Å². The van der Waals surface area contributed by atoms with Crippen molar-refractivity contribution in [1.82, 2.24) is 5.32 Å². The second-order valence-corrected chi connectivity index (χ2v) is 12.1. The second-order valence-electron chi connectivity index (χ2n) is 8.08. The number of hydrogen-bond acceptors (Lipinski definition) is 7. The first-order chi connectivity index (χ1) is 12.7. The van der Waals surface area contributed by atoms with Crippen LogP contribution in [0.2, 0.25) is 0 Å². The van der Waals surface area contributed by atoms with Crippen LogP contribution in [0.4, 0.5) is 10.5 Å². The van der Waals surface area contributed by atoms with Crippen LogP contribution in [-0.2, 0) is 24.4 Å². The number of hydrogen-bond donors (Lipinski definition) is 1. The first-order valence-electron chi connectivity index (χ1n) is 8.95. The van der Waals surface area contributed by atoms with Crippen molar-refractivity contribution in [2.24, 2.45) is 0 Å². The maximum absolute atomic E-state index is 12.2. The van der Waals surface area contributed by atoms with Crippen molar-refractivity contribution in [1.29, 1.82) is 0 Å². The van der Waals surface area contributed by atoms with E-state index in [0.29, 0.717) is 31.6 Å². The van der Waals surface area contributed by atoms with Gasteiger partial charge in [0.2, 0.25) is 0 Å². The van der Waals surface area contributed by atoms with Crippen molar-refractivity contribution in [3.8, 4) is 0 Å². The number of alkyl carbamates (subject to hydrolysis) is 1. The van der Waals surface area contributed by atoms with Gasteiger partial charge in [0.05, 0.1) is 15.5 Å². The van der Waals surface area contributed by atoms with E-state index >= 15 is 0 Å². The average molecular weight is 433 g/mol. The smallest absolute Gasteiger partial charge is 0.407 e. The lowest BCUT2D eigenvalue weighted by molar-refractivity contribution is 0.0497. The number of carbonyl (C=O) groups is 1. The molecular formula is C18H28N2O6S2. The molecular weight excluding hydrogens is 404 g/mol. The number of nitrogens with zero attached hydrogens (tertiary/aromatic N) is 1. The quantitative estimate of drug-likeness (QED) is 0.775. The third-order valence-electron chi connectivity index (χ3n) is 4.32. The highest BCUT2D eigenvalue weighted by atomic mass is 32.2. The van der Waals surface area contributed by atoms with Gasteiger partial charge in [-0.05, 0) is 51.8 Å². The molecule has 1 aromatic rings. The monoisotopic (exact) mass is 432 g/mol. The summed E-state index contributed by atoms with van der Waals surface area (Å²) in [7, 11) is -7.13. The maximum atomic E-state index is 12.2. The Labute approximate surface area is 167 Å². The number of rotatable bonds is 4. The molecule has 0 aromatic heterocycles. The van der Waals surface area contributed by atoms with Crippen LogP contribution in [0.1, 0.15) is 33.6 Å². The zero-order valence-electron chi connectivity index (χ0n) is 16.9. The number of sulfone groups is 2. The van der Waals surface area contributed by atoms with Gasteiger partial charge in [-0.1, -0.05) is 0 Å². The van der Waals surface area contributed by atoms with E-state index in [1.54, 1.807) is 20.8 Å². The number of anilines is 1. The summed E-state index contributed by atoms with van der Waals surface area (Å²) in [6.07, 6.45) is 2.88. The molecule has 1 N–H and O–H groups in total. The summed E-state index contributed by atoms with van der Waals surface area (Å²) < 4.78 is 53.3. The van der Waals surface area contributed by atoms with Crippen molar-refractivity contribution in [2.45, 2.75) is 55.0 Å². The van der Waals surface area contributed by atoms with E-state index in [1.165, 1.54) is 18.2 Å². The van der Waals surface area contributed by atoms with Crippen molar-refractivity contribution < 1.29 is 26.4 Å². The standard InChI is InChI=1S/C18H28N2O6S2/c1-18(2,3)26-17(21)19-13-8-10-20(11-9-13)15-7-6-14(27(4,22)23)12-16(15)28(5,24)25/h6-7,12-13H,8-11H2,1-5H3,(H,19,21). The van der Waals surface area contributed by atoms with E-state index < -0.39 is 31.4 Å². The Bertz CT molecular complexity index is 941. The van der Waals surface area contributed by atoms with Gasteiger partial charge in [0.1, 0.15) is 5.60 Å². The molecule has 1 aliphatic rings. The van der Waals surface area contributed by atoms with E-state index in [0.717, 1.165) is 12.5 Å². The van der Waals surface area contributed by atoms with Crippen LogP contribution in [0, 0.1) is 0 Å². The molecule has 158 valence electrons. The number of benzene rings is 1. The van der Waals surface area contributed by atoms with Crippen LogP contribution in [-0.4, -0.2) is 60.2 Å². The number of piperidine rings is 1. The van der Waals surface area contributed by atoms with Crippen molar-refractivity contribution in [3.63, 3.8) is 0 Å². The fourth-order valence-corrected chi connectivity index (χ4v) is 4.66. The molecule has 28 heavy (non-hydrogen) atoms. The van der Waals surface area contributed by atoms with E-state index in [4.69, 9.17) is 4.74 Å². The number of carbonyl (C=O) groups excluding carboxylic acids is 1. The molecule has 8 nitrogen and oxygen atoms in total. The molecule has 0 spiro atoms. The predicted octanol–water partition coefficient (Wildman–Crippen LogP) is 1.99. The zero-order chi connectivity index (χ0) is 21.3. The lowest BCUT2D eigenvalue weighted by Gasteiger charge is -2.35. The van der Waals surface area contributed by atoms with Crippen LogP contribution in [0.5, 0.6) is 0 Å². The normalized spacial score (nSPS) is 16.7. The lowest BCUT2D eigenvalue weighted by atomic mass is 10.0. The van der Waals surface area contributed by atoms with Crippen LogP contribution in [0.25, 0.3) is 0 Å². The van der Waals surface area contributed by atoms with Crippen LogP contribution in [0.3, 0.4) is 0 Å². The second kappa shape index (κ2) is 7.90. The lowest BCUT2D eigenvalue weighted by Crippen LogP contribution is -2.46. The third-order valence-corrected chi connectivity index (χ3v) is 6.55. The number of ether oxygens (including phenoxy) is 1. The topological polar surface area (TPSA) is 110 Å². The fourth-order valence-electron chi connectivity index (χ4n) is 3.02. The Hall–Kier alpha value is -1.81.